The minimum Gasteiger partial charge on any atom is -0.377 e. The highest BCUT2D eigenvalue weighted by atomic mass is 16.5. The van der Waals surface area contributed by atoms with Gasteiger partial charge < -0.3 is 19.9 Å². The summed E-state index contributed by atoms with van der Waals surface area (Å²) in [5.74, 6) is 0.800. The van der Waals surface area contributed by atoms with Crippen molar-refractivity contribution < 1.29 is 14.1 Å². The lowest BCUT2D eigenvalue weighted by Gasteiger charge is -2.29. The first-order valence-electron chi connectivity index (χ1n) is 6.17. The molecule has 0 aliphatic carbocycles. The third kappa shape index (κ3) is 3.08. The fourth-order valence-corrected chi connectivity index (χ4v) is 2.10. The van der Waals surface area contributed by atoms with E-state index in [9.17, 15) is 4.79 Å². The van der Waals surface area contributed by atoms with Crippen LogP contribution in [0.2, 0.25) is 0 Å². The Labute approximate surface area is 106 Å². The number of nitrogens with one attached hydrogen (secondary N) is 2. The first kappa shape index (κ1) is 13.0. The van der Waals surface area contributed by atoms with Gasteiger partial charge in [0.15, 0.2) is 11.5 Å². The van der Waals surface area contributed by atoms with Crippen molar-refractivity contribution in [3.63, 3.8) is 0 Å². The van der Waals surface area contributed by atoms with Crippen LogP contribution in [-0.4, -0.2) is 37.3 Å². The number of hydrogen-bond acceptors (Lipinski definition) is 5. The van der Waals surface area contributed by atoms with Gasteiger partial charge in [-0.05, 0) is 25.4 Å². The van der Waals surface area contributed by atoms with E-state index in [-0.39, 0.29) is 11.9 Å². The fourth-order valence-electron chi connectivity index (χ4n) is 2.10. The lowest BCUT2D eigenvalue weighted by atomic mass is 9.95. The zero-order chi connectivity index (χ0) is 13.0. The lowest BCUT2D eigenvalue weighted by molar-refractivity contribution is 0.0904. The van der Waals surface area contributed by atoms with E-state index in [4.69, 9.17) is 9.26 Å². The number of carbonyl (C=O) groups excluding carboxylic acids is 1. The van der Waals surface area contributed by atoms with Crippen LogP contribution in [0.4, 0.5) is 0 Å². The van der Waals surface area contributed by atoms with Gasteiger partial charge in [-0.3, -0.25) is 4.79 Å². The third-order valence-electron chi connectivity index (χ3n) is 3.18. The van der Waals surface area contributed by atoms with Gasteiger partial charge in [0, 0.05) is 19.2 Å². The van der Waals surface area contributed by atoms with E-state index < -0.39 is 0 Å². The van der Waals surface area contributed by atoms with Crippen LogP contribution >= 0.6 is 0 Å². The molecule has 2 rings (SSSR count). The highest BCUT2D eigenvalue weighted by molar-refractivity contribution is 5.92. The molecule has 1 amide bonds. The molecule has 1 aliphatic rings. The van der Waals surface area contributed by atoms with E-state index in [2.05, 4.69) is 22.7 Å². The average Bonchev–Trinajstić information content (AvgIpc) is 2.81. The Bertz CT molecular complexity index is 405. The van der Waals surface area contributed by atoms with Gasteiger partial charge in [-0.1, -0.05) is 12.1 Å². The van der Waals surface area contributed by atoms with Crippen LogP contribution in [0.3, 0.4) is 0 Å². The zero-order valence-electron chi connectivity index (χ0n) is 10.7. The highest BCUT2D eigenvalue weighted by Crippen LogP contribution is 2.12. The Hall–Kier alpha value is -1.40. The fraction of sp³-hybridized carbons (Fsp3) is 0.667. The topological polar surface area (TPSA) is 76.4 Å². The summed E-state index contributed by atoms with van der Waals surface area (Å²) in [6.45, 7) is 4.31. The maximum Gasteiger partial charge on any atom is 0.273 e. The predicted octanol–water partition coefficient (Wildman–Crippen LogP) is 0.549. The molecule has 1 saturated heterocycles. The van der Waals surface area contributed by atoms with Crippen molar-refractivity contribution >= 4 is 5.91 Å². The summed E-state index contributed by atoms with van der Waals surface area (Å²) in [5, 5.41) is 10.0. The first-order valence-corrected chi connectivity index (χ1v) is 6.17. The van der Waals surface area contributed by atoms with Crippen molar-refractivity contribution in [2.45, 2.75) is 26.0 Å². The van der Waals surface area contributed by atoms with E-state index in [1.165, 1.54) is 0 Å². The van der Waals surface area contributed by atoms with Crippen LogP contribution in [0, 0.1) is 5.92 Å². The largest absolute Gasteiger partial charge is 0.377 e. The molecule has 2 heterocycles. The van der Waals surface area contributed by atoms with Crippen LogP contribution in [0.1, 0.15) is 29.6 Å². The molecule has 2 unspecified atom stereocenters. The van der Waals surface area contributed by atoms with Gasteiger partial charge >= 0.3 is 0 Å². The molecule has 0 bridgehead atoms. The van der Waals surface area contributed by atoms with Gasteiger partial charge in [0.2, 0.25) is 0 Å². The average molecular weight is 253 g/mol. The summed E-state index contributed by atoms with van der Waals surface area (Å²) >= 11 is 0. The van der Waals surface area contributed by atoms with Crippen LogP contribution in [0.5, 0.6) is 0 Å². The number of hydrogen-bond donors (Lipinski definition) is 2. The van der Waals surface area contributed by atoms with Crippen LogP contribution < -0.4 is 10.6 Å². The van der Waals surface area contributed by atoms with Crippen molar-refractivity contribution in [1.82, 2.24) is 15.8 Å². The maximum absolute atomic E-state index is 12.0. The molecule has 18 heavy (non-hydrogen) atoms. The Kier molecular flexibility index (Phi) is 4.33. The second-order valence-corrected chi connectivity index (χ2v) is 4.66. The molecular weight excluding hydrogens is 234 g/mol. The minimum atomic E-state index is -0.181. The molecule has 1 aliphatic heterocycles. The standard InChI is InChI=1S/C12H19N3O3/c1-8-6-13-4-3-10(8)14-12(16)11-5-9(7-17-2)18-15-11/h5,8,10,13H,3-4,6-7H2,1-2H3,(H,14,16). The van der Waals surface area contributed by atoms with Gasteiger partial charge in [-0.25, -0.2) is 0 Å². The summed E-state index contributed by atoms with van der Waals surface area (Å²) in [6.07, 6.45) is 0.940. The minimum absolute atomic E-state index is 0.181. The SMILES string of the molecule is COCc1cc(C(=O)NC2CCNCC2C)no1. The van der Waals surface area contributed by atoms with Crippen LogP contribution in [0.15, 0.2) is 10.6 Å². The number of carbonyl (C=O) groups is 1. The molecule has 0 spiro atoms. The number of piperidine rings is 1. The molecule has 100 valence electrons. The van der Waals surface area contributed by atoms with E-state index >= 15 is 0 Å². The first-order chi connectivity index (χ1) is 8.70. The molecule has 1 aromatic heterocycles. The van der Waals surface area contributed by atoms with Crippen LogP contribution in [-0.2, 0) is 11.3 Å². The predicted molar refractivity (Wildman–Crippen MR) is 65.1 cm³/mol. The number of aromatic nitrogens is 1. The van der Waals surface area contributed by atoms with E-state index in [1.54, 1.807) is 13.2 Å². The Morgan fingerprint density at radius 3 is 3.28 bits per heavy atom. The molecule has 0 saturated carbocycles. The highest BCUT2D eigenvalue weighted by Gasteiger charge is 2.24. The Balaban J connectivity index is 1.93. The molecule has 0 radical (unpaired) electrons. The molecule has 0 aromatic carbocycles. The Morgan fingerprint density at radius 1 is 1.72 bits per heavy atom. The Morgan fingerprint density at radius 2 is 2.56 bits per heavy atom. The van der Waals surface area contributed by atoms with E-state index in [0.717, 1.165) is 19.5 Å². The molecule has 1 fully saturated rings. The number of amides is 1. The third-order valence-corrected chi connectivity index (χ3v) is 3.18. The molecule has 2 N–H and O–H groups in total. The van der Waals surface area contributed by atoms with Crippen molar-refractivity contribution in [3.05, 3.63) is 17.5 Å². The number of ether oxygens (including phenoxy) is 1. The quantitative estimate of drug-likeness (QED) is 0.819. The van der Waals surface area contributed by atoms with Crippen molar-refractivity contribution in [2.75, 3.05) is 20.2 Å². The number of rotatable bonds is 4. The summed E-state index contributed by atoms with van der Waals surface area (Å²) in [4.78, 5) is 12.0. The number of methoxy groups -OCH3 is 1. The summed E-state index contributed by atoms with van der Waals surface area (Å²) in [5.41, 5.74) is 0.313. The lowest BCUT2D eigenvalue weighted by Crippen LogP contribution is -2.48. The van der Waals surface area contributed by atoms with Gasteiger partial charge in [-0.15, -0.1) is 0 Å². The molecule has 1 aromatic rings. The molecular formula is C12H19N3O3. The number of nitrogens with zero attached hydrogens (tertiary/aromatic N) is 1. The smallest absolute Gasteiger partial charge is 0.273 e. The second-order valence-electron chi connectivity index (χ2n) is 4.66. The monoisotopic (exact) mass is 253 g/mol. The van der Waals surface area contributed by atoms with Gasteiger partial charge in [0.25, 0.3) is 5.91 Å². The van der Waals surface area contributed by atoms with Crippen molar-refractivity contribution in [2.24, 2.45) is 5.92 Å². The second kappa shape index (κ2) is 5.97. The molecule has 2 atom stereocenters. The van der Waals surface area contributed by atoms with Crippen molar-refractivity contribution in [3.8, 4) is 0 Å². The molecule has 6 nitrogen and oxygen atoms in total. The maximum atomic E-state index is 12.0. The van der Waals surface area contributed by atoms with Gasteiger partial charge in [0.05, 0.1) is 0 Å². The summed E-state index contributed by atoms with van der Waals surface area (Å²) in [7, 11) is 1.57. The normalized spacial score (nSPS) is 23.9. The molecule has 6 heteroatoms. The van der Waals surface area contributed by atoms with Gasteiger partial charge in [-0.2, -0.15) is 0 Å². The zero-order valence-corrected chi connectivity index (χ0v) is 10.7. The summed E-state index contributed by atoms with van der Waals surface area (Å²) in [6, 6.07) is 1.81. The van der Waals surface area contributed by atoms with E-state index in [0.29, 0.717) is 24.0 Å². The van der Waals surface area contributed by atoms with E-state index in [1.807, 2.05) is 0 Å². The van der Waals surface area contributed by atoms with Crippen LogP contribution in [0.25, 0.3) is 0 Å². The summed E-state index contributed by atoms with van der Waals surface area (Å²) < 4.78 is 9.91. The van der Waals surface area contributed by atoms with Crippen molar-refractivity contribution in [1.29, 1.82) is 0 Å². The van der Waals surface area contributed by atoms with Gasteiger partial charge in [0.1, 0.15) is 6.61 Å².